The van der Waals surface area contributed by atoms with Gasteiger partial charge in [-0.2, -0.15) is 0 Å². The first-order valence-corrected chi connectivity index (χ1v) is 8.66. The number of hydrogen-bond acceptors (Lipinski definition) is 4. The molecule has 0 spiro atoms. The fraction of sp³-hybridized carbons (Fsp3) is 0.474. The molecule has 0 radical (unpaired) electrons. The molecule has 2 N–H and O–H groups in total. The number of fused-ring (bicyclic) bond motifs is 1. The zero-order chi connectivity index (χ0) is 17.1. The molecule has 0 fully saturated rings. The van der Waals surface area contributed by atoms with Crippen molar-refractivity contribution in [3.05, 3.63) is 51.9 Å². The van der Waals surface area contributed by atoms with Gasteiger partial charge in [-0.25, -0.2) is 0 Å². The van der Waals surface area contributed by atoms with Crippen LogP contribution in [0.25, 0.3) is 0 Å². The summed E-state index contributed by atoms with van der Waals surface area (Å²) in [6.07, 6.45) is 2.79. The van der Waals surface area contributed by atoms with Gasteiger partial charge >= 0.3 is 0 Å². The van der Waals surface area contributed by atoms with Crippen molar-refractivity contribution in [3.8, 4) is 0 Å². The number of aromatic nitrogens is 1. The zero-order valence-corrected chi connectivity index (χ0v) is 14.6. The van der Waals surface area contributed by atoms with Crippen LogP contribution in [0.3, 0.4) is 0 Å². The number of carbonyl (C=O) groups is 1. The zero-order valence-electron chi connectivity index (χ0n) is 14.6. The summed E-state index contributed by atoms with van der Waals surface area (Å²) in [6.45, 7) is 7.83. The van der Waals surface area contributed by atoms with E-state index in [0.29, 0.717) is 0 Å². The van der Waals surface area contributed by atoms with E-state index in [1.165, 1.54) is 11.1 Å². The van der Waals surface area contributed by atoms with Gasteiger partial charge in [-0.15, -0.1) is 0 Å². The molecule has 5 nitrogen and oxygen atoms in total. The Morgan fingerprint density at radius 2 is 2.04 bits per heavy atom. The van der Waals surface area contributed by atoms with Crippen molar-refractivity contribution in [2.75, 3.05) is 13.1 Å². The van der Waals surface area contributed by atoms with E-state index in [2.05, 4.69) is 28.8 Å². The lowest BCUT2D eigenvalue weighted by molar-refractivity contribution is 0.0935. The number of nitrogens with one attached hydrogen (secondary N) is 2. The molecule has 1 amide bonds. The van der Waals surface area contributed by atoms with Crippen LogP contribution in [0.15, 0.2) is 22.7 Å². The van der Waals surface area contributed by atoms with E-state index in [9.17, 15) is 4.79 Å². The third kappa shape index (κ3) is 3.36. The highest BCUT2D eigenvalue weighted by molar-refractivity contribution is 5.94. The van der Waals surface area contributed by atoms with Crippen molar-refractivity contribution >= 4 is 5.91 Å². The molecule has 1 aliphatic rings. The maximum Gasteiger partial charge on any atom is 0.251 e. The highest BCUT2D eigenvalue weighted by Crippen LogP contribution is 2.24. The minimum absolute atomic E-state index is 0.0399. The van der Waals surface area contributed by atoms with Crippen LogP contribution in [-0.4, -0.2) is 24.2 Å². The molecule has 0 saturated heterocycles. The molecule has 1 aromatic carbocycles. The quantitative estimate of drug-likeness (QED) is 0.906. The molecule has 0 bridgehead atoms. The lowest BCUT2D eigenvalue weighted by Gasteiger charge is -2.17. The van der Waals surface area contributed by atoms with Crippen LogP contribution in [0.4, 0.5) is 0 Å². The number of benzene rings is 1. The fourth-order valence-electron chi connectivity index (χ4n) is 3.42. The Balaban J connectivity index is 1.80. The summed E-state index contributed by atoms with van der Waals surface area (Å²) in [5, 5.41) is 10.5. The molecule has 3 rings (SSSR count). The lowest BCUT2D eigenvalue weighted by Crippen LogP contribution is -2.29. The van der Waals surface area contributed by atoms with Gasteiger partial charge in [0.1, 0.15) is 5.76 Å². The molecule has 0 aliphatic carbocycles. The maximum atomic E-state index is 12.7. The van der Waals surface area contributed by atoms with Crippen LogP contribution in [0, 0.1) is 13.8 Å². The predicted molar refractivity (Wildman–Crippen MR) is 93.2 cm³/mol. The maximum absolute atomic E-state index is 12.7. The monoisotopic (exact) mass is 327 g/mol. The van der Waals surface area contributed by atoms with E-state index < -0.39 is 0 Å². The Hall–Kier alpha value is -2.14. The highest BCUT2D eigenvalue weighted by atomic mass is 16.5. The van der Waals surface area contributed by atoms with Crippen LogP contribution in [-0.2, 0) is 12.8 Å². The van der Waals surface area contributed by atoms with Gasteiger partial charge in [0.2, 0.25) is 0 Å². The van der Waals surface area contributed by atoms with Crippen molar-refractivity contribution in [2.45, 2.75) is 46.1 Å². The van der Waals surface area contributed by atoms with E-state index in [-0.39, 0.29) is 11.9 Å². The van der Waals surface area contributed by atoms with Crippen molar-refractivity contribution in [1.82, 2.24) is 15.8 Å². The van der Waals surface area contributed by atoms with Crippen molar-refractivity contribution in [3.63, 3.8) is 0 Å². The van der Waals surface area contributed by atoms with Crippen LogP contribution in [0.5, 0.6) is 0 Å². The highest BCUT2D eigenvalue weighted by Gasteiger charge is 2.22. The number of amides is 1. The van der Waals surface area contributed by atoms with Gasteiger partial charge in [0, 0.05) is 11.1 Å². The molecule has 2 heterocycles. The van der Waals surface area contributed by atoms with Gasteiger partial charge in [0.15, 0.2) is 0 Å². The first kappa shape index (κ1) is 16.7. The molecule has 1 atom stereocenters. The molecular weight excluding hydrogens is 302 g/mol. The summed E-state index contributed by atoms with van der Waals surface area (Å²) in [5.41, 5.74) is 5.17. The Kier molecular flexibility index (Phi) is 5.00. The summed E-state index contributed by atoms with van der Waals surface area (Å²) < 4.78 is 5.25. The minimum atomic E-state index is -0.0794. The lowest BCUT2D eigenvalue weighted by atomic mass is 9.98. The summed E-state index contributed by atoms with van der Waals surface area (Å²) in [5.74, 6) is 0.731. The van der Waals surface area contributed by atoms with Gasteiger partial charge in [-0.3, -0.25) is 4.79 Å². The summed E-state index contributed by atoms with van der Waals surface area (Å²) >= 11 is 0. The first-order valence-electron chi connectivity index (χ1n) is 8.66. The Morgan fingerprint density at radius 3 is 2.71 bits per heavy atom. The average molecular weight is 327 g/mol. The molecule has 1 unspecified atom stereocenters. The van der Waals surface area contributed by atoms with E-state index in [0.717, 1.165) is 54.9 Å². The predicted octanol–water partition coefficient (Wildman–Crippen LogP) is 2.86. The van der Waals surface area contributed by atoms with Crippen molar-refractivity contribution < 1.29 is 9.32 Å². The molecule has 24 heavy (non-hydrogen) atoms. The second kappa shape index (κ2) is 7.18. The van der Waals surface area contributed by atoms with Crippen LogP contribution >= 0.6 is 0 Å². The Morgan fingerprint density at radius 1 is 1.29 bits per heavy atom. The van der Waals surface area contributed by atoms with Crippen LogP contribution in [0.2, 0.25) is 0 Å². The first-order chi connectivity index (χ1) is 11.6. The number of rotatable bonds is 4. The Labute approximate surface area is 142 Å². The smallest absolute Gasteiger partial charge is 0.251 e. The number of nitrogens with zero attached hydrogens (tertiary/aromatic N) is 1. The second-order valence-electron chi connectivity index (χ2n) is 6.41. The van der Waals surface area contributed by atoms with Gasteiger partial charge in [0.25, 0.3) is 5.91 Å². The largest absolute Gasteiger partial charge is 0.361 e. The number of carbonyl (C=O) groups excluding carboxylic acids is 1. The van der Waals surface area contributed by atoms with Gasteiger partial charge in [0.05, 0.1) is 11.7 Å². The summed E-state index contributed by atoms with van der Waals surface area (Å²) in [7, 11) is 0. The van der Waals surface area contributed by atoms with E-state index >= 15 is 0 Å². The SMILES string of the molecule is CCC(NC(=O)c1ccc2c(c1)CCNCC2)c1c(C)noc1C. The summed E-state index contributed by atoms with van der Waals surface area (Å²) in [4.78, 5) is 12.7. The third-order valence-corrected chi connectivity index (χ3v) is 4.76. The van der Waals surface area contributed by atoms with Crippen LogP contribution in [0.1, 0.15) is 57.9 Å². The number of hydrogen-bond donors (Lipinski definition) is 2. The van der Waals surface area contributed by atoms with Crippen molar-refractivity contribution in [1.29, 1.82) is 0 Å². The minimum Gasteiger partial charge on any atom is -0.361 e. The van der Waals surface area contributed by atoms with Gasteiger partial charge in [-0.05, 0) is 69.5 Å². The molecule has 5 heteroatoms. The third-order valence-electron chi connectivity index (χ3n) is 4.76. The number of aryl methyl sites for hydroxylation is 2. The van der Waals surface area contributed by atoms with Gasteiger partial charge < -0.3 is 15.2 Å². The van der Waals surface area contributed by atoms with E-state index in [1.807, 2.05) is 26.0 Å². The molecule has 0 saturated carbocycles. The molecule has 1 aromatic heterocycles. The molecule has 2 aromatic rings. The van der Waals surface area contributed by atoms with E-state index in [4.69, 9.17) is 4.52 Å². The molecule has 128 valence electrons. The summed E-state index contributed by atoms with van der Waals surface area (Å²) in [6, 6.07) is 5.98. The topological polar surface area (TPSA) is 67.2 Å². The van der Waals surface area contributed by atoms with Crippen LogP contribution < -0.4 is 10.6 Å². The standard InChI is InChI=1S/C19H25N3O2/c1-4-17(18-12(2)22-24-13(18)3)21-19(23)16-6-5-14-7-9-20-10-8-15(14)11-16/h5-6,11,17,20H,4,7-10H2,1-3H3,(H,21,23). The van der Waals surface area contributed by atoms with E-state index in [1.54, 1.807) is 0 Å². The van der Waals surface area contributed by atoms with Gasteiger partial charge in [-0.1, -0.05) is 18.1 Å². The average Bonchev–Trinajstić information content (AvgIpc) is 2.78. The van der Waals surface area contributed by atoms with Crippen molar-refractivity contribution in [2.24, 2.45) is 0 Å². The Bertz CT molecular complexity index is 717. The molecule has 1 aliphatic heterocycles. The second-order valence-corrected chi connectivity index (χ2v) is 6.41. The molecular formula is C19H25N3O2. The normalized spacial score (nSPS) is 15.5. The fourth-order valence-corrected chi connectivity index (χ4v) is 3.42.